The molecule has 58 heavy (non-hydrogen) atoms. The van der Waals surface area contributed by atoms with E-state index in [1.165, 1.54) is 11.0 Å². The standard InChI is InChI=1S/C41H63N7O10/c1-10-27(38(54)55)34-30(11-2)48(24(3)4)39(45-34)57-26-20-31(35(42)51)47(22-26)37(53)29(44-40(56)58-41(5,6)7)18-16-14-12-13-15-17-25-19-28(25)36(52)43-21-32(46(8)9)33(50)23-49/h10,15,17,23-26,28-29,31-32H,11-14,16,18-22H2,1-9H3,(H2,42,51)(H,43,52)(H,44,56)(H,54,55). The second-order valence-corrected chi connectivity index (χ2v) is 16.4. The lowest BCUT2D eigenvalue weighted by Gasteiger charge is -2.28. The van der Waals surface area contributed by atoms with Gasteiger partial charge in [-0.3, -0.25) is 33.4 Å². The number of alkyl carbamates (subject to hydrolysis) is 1. The van der Waals surface area contributed by atoms with Crippen LogP contribution in [0.4, 0.5) is 4.79 Å². The average Bonchev–Trinajstić information content (AvgIpc) is 3.64. The molecule has 6 atom stereocenters. The maximum Gasteiger partial charge on any atom is 0.408 e. The number of rotatable bonds is 22. The Labute approximate surface area is 341 Å². The van der Waals surface area contributed by atoms with Crippen molar-refractivity contribution in [2.75, 3.05) is 27.2 Å². The number of hydrogen-bond acceptors (Lipinski definition) is 11. The van der Waals surface area contributed by atoms with Crippen molar-refractivity contribution in [2.45, 2.75) is 136 Å². The summed E-state index contributed by atoms with van der Waals surface area (Å²) in [6.45, 7) is 12.5. The maximum absolute atomic E-state index is 14.2. The summed E-state index contributed by atoms with van der Waals surface area (Å²) in [5.41, 5.74) is 5.99. The van der Waals surface area contributed by atoms with Crippen LogP contribution in [0.3, 0.4) is 0 Å². The summed E-state index contributed by atoms with van der Waals surface area (Å²) < 4.78 is 13.6. The van der Waals surface area contributed by atoms with Gasteiger partial charge in [-0.25, -0.2) is 9.59 Å². The van der Waals surface area contributed by atoms with Crippen LogP contribution >= 0.6 is 0 Å². The quantitative estimate of drug-likeness (QED) is 0.0435. The largest absolute Gasteiger partial charge is 0.478 e. The second kappa shape index (κ2) is 21.1. The molecule has 2 aliphatic rings. The predicted molar refractivity (Wildman–Crippen MR) is 216 cm³/mol. The molecule has 0 aromatic carbocycles. The van der Waals surface area contributed by atoms with Crippen LogP contribution in [0.1, 0.15) is 111 Å². The van der Waals surface area contributed by atoms with Gasteiger partial charge in [-0.1, -0.05) is 38.0 Å². The molecule has 2 fully saturated rings. The Morgan fingerprint density at radius 2 is 1.78 bits per heavy atom. The van der Waals surface area contributed by atoms with Gasteiger partial charge in [0.1, 0.15) is 29.5 Å². The van der Waals surface area contributed by atoms with Crippen LogP contribution in [0.15, 0.2) is 18.2 Å². The molecule has 6 unspecified atom stereocenters. The van der Waals surface area contributed by atoms with Crippen LogP contribution in [-0.2, 0) is 39.9 Å². The van der Waals surface area contributed by atoms with E-state index in [1.807, 2.05) is 37.5 Å². The minimum absolute atomic E-state index is 0.0197. The highest BCUT2D eigenvalue weighted by Gasteiger charge is 2.44. The van der Waals surface area contributed by atoms with E-state index in [9.17, 15) is 38.7 Å². The highest BCUT2D eigenvalue weighted by Crippen LogP contribution is 2.40. The lowest BCUT2D eigenvalue weighted by atomic mass is 10.0. The van der Waals surface area contributed by atoms with Crippen LogP contribution in [0.25, 0.3) is 5.57 Å². The van der Waals surface area contributed by atoms with E-state index < -0.39 is 59.5 Å². The number of nitrogens with one attached hydrogen (secondary N) is 2. The normalized spacial score (nSPS) is 20.5. The third-order valence-corrected chi connectivity index (χ3v) is 10.2. The summed E-state index contributed by atoms with van der Waals surface area (Å²) in [6, 6.07) is -2.72. The van der Waals surface area contributed by atoms with E-state index in [4.69, 9.17) is 15.2 Å². The molecule has 1 aliphatic heterocycles. The summed E-state index contributed by atoms with van der Waals surface area (Å²) in [6.07, 6.45) is 8.66. The summed E-state index contributed by atoms with van der Waals surface area (Å²) in [5.74, 6) is -3.17. The number of aliphatic carboxylic acids is 1. The molecule has 2 heterocycles. The highest BCUT2D eigenvalue weighted by molar-refractivity contribution is 6.27. The van der Waals surface area contributed by atoms with Crippen molar-refractivity contribution < 1.29 is 48.1 Å². The molecular weight excluding hydrogens is 750 g/mol. The zero-order valence-corrected chi connectivity index (χ0v) is 35.4. The molecule has 1 saturated carbocycles. The third-order valence-electron chi connectivity index (χ3n) is 10.2. The number of allylic oxidation sites excluding steroid dienone is 3. The first-order chi connectivity index (χ1) is 27.2. The Kier molecular flexibility index (Phi) is 17.2. The number of amides is 4. The van der Waals surface area contributed by atoms with Gasteiger partial charge in [0, 0.05) is 30.6 Å². The fourth-order valence-electron chi connectivity index (χ4n) is 7.16. The Morgan fingerprint density at radius 1 is 1.09 bits per heavy atom. The van der Waals surface area contributed by atoms with E-state index in [1.54, 1.807) is 46.7 Å². The second-order valence-electron chi connectivity index (χ2n) is 16.4. The van der Waals surface area contributed by atoms with Gasteiger partial charge in [0.25, 0.3) is 6.01 Å². The third kappa shape index (κ3) is 13.0. The number of unbranched alkanes of at least 4 members (excludes halogenated alkanes) is 3. The minimum Gasteiger partial charge on any atom is -0.478 e. The lowest BCUT2D eigenvalue weighted by Crippen LogP contribution is -2.53. The fraction of sp³-hybridized carbons (Fsp3) is 0.659. The Balaban J connectivity index is 1.65. The number of carboxylic acid groups (broad SMARTS) is 1. The molecular formula is C41H63N7O10. The maximum atomic E-state index is 14.2. The number of carbonyl (C=O) groups is 7. The molecule has 0 radical (unpaired) electrons. The first-order valence-electron chi connectivity index (χ1n) is 20.1. The van der Waals surface area contributed by atoms with Crippen molar-refractivity contribution in [3.8, 4) is 6.01 Å². The Morgan fingerprint density at radius 3 is 2.33 bits per heavy atom. The number of ether oxygens (including phenoxy) is 2. The molecule has 17 heteroatoms. The number of aldehydes is 1. The number of likely N-dealkylation sites (tertiary alicyclic amines) is 1. The number of nitrogens with zero attached hydrogens (tertiary/aromatic N) is 4. The number of nitrogens with two attached hydrogens (primary N) is 1. The average molecular weight is 814 g/mol. The SMILES string of the molecule is CC=C(C(=O)O)c1nc(OC2CC(C(N)=O)N(C(=O)C(CCCCCC=CC3CC3C(=O)NCC(C(=O)C=O)N(C)C)NC(=O)OC(C)(C)C)C2)n(C(C)C)c1CC. The number of imidazole rings is 1. The van der Waals surface area contributed by atoms with Crippen molar-refractivity contribution in [1.82, 2.24) is 30.0 Å². The van der Waals surface area contributed by atoms with Gasteiger partial charge in [-0.05, 0) is 93.7 Å². The molecule has 0 bridgehead atoms. The van der Waals surface area contributed by atoms with Gasteiger partial charge in [0.2, 0.25) is 23.5 Å². The van der Waals surface area contributed by atoms with Gasteiger partial charge < -0.3 is 35.8 Å². The van der Waals surface area contributed by atoms with E-state index in [-0.39, 0.29) is 73.3 Å². The molecule has 1 aliphatic carbocycles. The molecule has 17 nitrogen and oxygen atoms in total. The first-order valence-corrected chi connectivity index (χ1v) is 20.1. The summed E-state index contributed by atoms with van der Waals surface area (Å²) in [5, 5.41) is 15.3. The highest BCUT2D eigenvalue weighted by atomic mass is 16.6. The molecule has 5 N–H and O–H groups in total. The van der Waals surface area contributed by atoms with E-state index in [0.717, 1.165) is 19.3 Å². The Hall–Kier alpha value is -5.06. The number of Topliss-reactive ketones (excluding diaryl/α,β-unsaturated/α-hetero) is 1. The summed E-state index contributed by atoms with van der Waals surface area (Å²) >= 11 is 0. The summed E-state index contributed by atoms with van der Waals surface area (Å²) in [7, 11) is 3.34. The van der Waals surface area contributed by atoms with Crippen molar-refractivity contribution in [1.29, 1.82) is 0 Å². The first kappa shape index (κ1) is 47.3. The van der Waals surface area contributed by atoms with Crippen molar-refractivity contribution in [3.63, 3.8) is 0 Å². The lowest BCUT2D eigenvalue weighted by molar-refractivity contribution is -0.139. The van der Waals surface area contributed by atoms with Crippen molar-refractivity contribution in [2.24, 2.45) is 17.6 Å². The topological polar surface area (TPSA) is 233 Å². The number of hydrogen-bond donors (Lipinski definition) is 4. The van der Waals surface area contributed by atoms with Gasteiger partial charge in [0.05, 0.1) is 18.2 Å². The van der Waals surface area contributed by atoms with Gasteiger partial charge in [-0.15, -0.1) is 0 Å². The van der Waals surface area contributed by atoms with E-state index >= 15 is 0 Å². The van der Waals surface area contributed by atoms with E-state index in [2.05, 4.69) is 15.6 Å². The van der Waals surface area contributed by atoms with Gasteiger partial charge in [-0.2, -0.15) is 4.98 Å². The molecule has 322 valence electrons. The summed E-state index contributed by atoms with van der Waals surface area (Å²) in [4.78, 5) is 94.7. The van der Waals surface area contributed by atoms with Crippen LogP contribution in [0.5, 0.6) is 6.01 Å². The predicted octanol–water partition coefficient (Wildman–Crippen LogP) is 3.20. The van der Waals surface area contributed by atoms with Crippen LogP contribution < -0.4 is 21.1 Å². The monoisotopic (exact) mass is 813 g/mol. The molecule has 4 amide bonds. The molecule has 1 aromatic heterocycles. The number of carbonyl (C=O) groups excluding carboxylic acids is 6. The number of carboxylic acids is 1. The number of likely N-dealkylation sites (N-methyl/N-ethyl adjacent to an activating group) is 1. The molecule has 3 rings (SSSR count). The van der Waals surface area contributed by atoms with Crippen molar-refractivity contribution in [3.05, 3.63) is 29.6 Å². The van der Waals surface area contributed by atoms with Crippen molar-refractivity contribution >= 4 is 47.4 Å². The zero-order valence-electron chi connectivity index (χ0n) is 35.4. The van der Waals surface area contributed by atoms with Crippen LogP contribution in [0.2, 0.25) is 0 Å². The molecule has 1 saturated heterocycles. The molecule has 0 spiro atoms. The van der Waals surface area contributed by atoms with Crippen LogP contribution in [-0.4, -0.2) is 123 Å². The number of primary amides is 1. The smallest absolute Gasteiger partial charge is 0.408 e. The number of ketones is 1. The fourth-order valence-corrected chi connectivity index (χ4v) is 7.16. The Bertz CT molecular complexity index is 1730. The van der Waals surface area contributed by atoms with E-state index in [0.29, 0.717) is 25.0 Å². The minimum atomic E-state index is -1.12. The van der Waals surface area contributed by atoms with Gasteiger partial charge >= 0.3 is 12.1 Å². The van der Waals surface area contributed by atoms with Gasteiger partial charge in [0.15, 0.2) is 6.29 Å². The number of aromatic nitrogens is 2. The van der Waals surface area contributed by atoms with Crippen LogP contribution in [0, 0.1) is 11.8 Å². The zero-order chi connectivity index (χ0) is 43.5. The molecule has 1 aromatic rings.